The highest BCUT2D eigenvalue weighted by molar-refractivity contribution is 7.99. The van der Waals surface area contributed by atoms with Crippen LogP contribution in [0.25, 0.3) is 0 Å². The van der Waals surface area contributed by atoms with Gasteiger partial charge < -0.3 is 13.9 Å². The van der Waals surface area contributed by atoms with Gasteiger partial charge in [-0.15, -0.1) is 10.2 Å². The molecular formula is C23H26N4O4S. The first-order valence-electron chi connectivity index (χ1n) is 10.1. The SMILES string of the molecule is COc1ccc(/C=N\NC(=O)CSc2nnc(CCCc3ccc(OC)c(C)c3)o2)cc1. The van der Waals surface area contributed by atoms with E-state index in [9.17, 15) is 4.79 Å². The highest BCUT2D eigenvalue weighted by Gasteiger charge is 2.10. The van der Waals surface area contributed by atoms with Crippen LogP contribution < -0.4 is 14.9 Å². The Labute approximate surface area is 191 Å². The van der Waals surface area contributed by atoms with Crippen LogP contribution in [0.5, 0.6) is 11.5 Å². The van der Waals surface area contributed by atoms with E-state index in [-0.39, 0.29) is 11.7 Å². The molecule has 0 saturated heterocycles. The summed E-state index contributed by atoms with van der Waals surface area (Å²) in [4.78, 5) is 12.0. The van der Waals surface area contributed by atoms with Crippen LogP contribution in [0.4, 0.5) is 0 Å². The van der Waals surface area contributed by atoms with Crippen molar-refractivity contribution in [1.29, 1.82) is 0 Å². The molecule has 3 rings (SSSR count). The maximum absolute atomic E-state index is 12.0. The standard InChI is InChI=1S/C23H26N4O4S/c1-16-13-17(9-12-20(16)30-3)5-4-6-22-26-27-23(31-22)32-15-21(28)25-24-14-18-7-10-19(29-2)11-8-18/h7-14H,4-6,15H2,1-3H3,(H,25,28)/b24-14-. The lowest BCUT2D eigenvalue weighted by atomic mass is 10.1. The van der Waals surface area contributed by atoms with Gasteiger partial charge >= 0.3 is 0 Å². The van der Waals surface area contributed by atoms with Gasteiger partial charge in [-0.3, -0.25) is 4.79 Å². The minimum absolute atomic E-state index is 0.132. The smallest absolute Gasteiger partial charge is 0.277 e. The van der Waals surface area contributed by atoms with Crippen molar-refractivity contribution in [2.45, 2.75) is 31.4 Å². The molecule has 0 aliphatic carbocycles. The van der Waals surface area contributed by atoms with Crippen LogP contribution in [0.3, 0.4) is 0 Å². The zero-order valence-corrected chi connectivity index (χ0v) is 19.1. The number of nitrogens with one attached hydrogen (secondary N) is 1. The van der Waals surface area contributed by atoms with E-state index in [0.717, 1.165) is 35.5 Å². The predicted octanol–water partition coefficient (Wildman–Crippen LogP) is 3.81. The molecule has 0 radical (unpaired) electrons. The molecule has 32 heavy (non-hydrogen) atoms. The van der Waals surface area contributed by atoms with Crippen LogP contribution in [-0.2, 0) is 17.6 Å². The topological polar surface area (TPSA) is 98.8 Å². The number of benzene rings is 2. The van der Waals surface area contributed by atoms with E-state index in [1.807, 2.05) is 37.3 Å². The molecule has 0 aliphatic heterocycles. The summed E-state index contributed by atoms with van der Waals surface area (Å²) in [7, 11) is 3.28. The molecular weight excluding hydrogens is 428 g/mol. The molecule has 1 amide bonds. The van der Waals surface area contributed by atoms with Crippen LogP contribution in [0.1, 0.15) is 29.0 Å². The first-order valence-corrected chi connectivity index (χ1v) is 11.1. The number of hydrazone groups is 1. The van der Waals surface area contributed by atoms with Gasteiger partial charge in [-0.05, 0) is 66.8 Å². The second-order valence-electron chi connectivity index (χ2n) is 6.97. The Morgan fingerprint density at radius 1 is 1.12 bits per heavy atom. The van der Waals surface area contributed by atoms with Gasteiger partial charge in [-0.1, -0.05) is 23.9 Å². The van der Waals surface area contributed by atoms with Gasteiger partial charge in [0, 0.05) is 6.42 Å². The fourth-order valence-corrected chi connectivity index (χ4v) is 3.54. The van der Waals surface area contributed by atoms with E-state index in [4.69, 9.17) is 13.9 Å². The van der Waals surface area contributed by atoms with Crippen LogP contribution in [0.15, 0.2) is 57.2 Å². The molecule has 0 atom stereocenters. The summed E-state index contributed by atoms with van der Waals surface area (Å²) in [5.74, 6) is 2.09. The molecule has 0 spiro atoms. The lowest BCUT2D eigenvalue weighted by Crippen LogP contribution is -2.19. The summed E-state index contributed by atoms with van der Waals surface area (Å²) in [5.41, 5.74) is 5.69. The summed E-state index contributed by atoms with van der Waals surface area (Å²) in [5, 5.41) is 12.4. The van der Waals surface area contributed by atoms with Crippen LogP contribution in [0.2, 0.25) is 0 Å². The number of aromatic nitrogens is 2. The third-order valence-electron chi connectivity index (χ3n) is 4.61. The Balaban J connectivity index is 1.37. The van der Waals surface area contributed by atoms with E-state index in [2.05, 4.69) is 32.9 Å². The molecule has 3 aromatic rings. The van der Waals surface area contributed by atoms with Crippen molar-refractivity contribution in [2.24, 2.45) is 5.10 Å². The van der Waals surface area contributed by atoms with Crippen molar-refractivity contribution in [3.05, 3.63) is 65.0 Å². The zero-order valence-electron chi connectivity index (χ0n) is 18.3. The number of thioether (sulfide) groups is 1. The van der Waals surface area contributed by atoms with Gasteiger partial charge in [0.05, 0.1) is 26.2 Å². The van der Waals surface area contributed by atoms with E-state index in [0.29, 0.717) is 17.5 Å². The molecule has 1 aromatic heterocycles. The number of ether oxygens (including phenoxy) is 2. The molecule has 0 aliphatic rings. The van der Waals surface area contributed by atoms with Crippen molar-refractivity contribution < 1.29 is 18.7 Å². The molecule has 0 saturated carbocycles. The minimum atomic E-state index is -0.255. The Morgan fingerprint density at radius 3 is 2.66 bits per heavy atom. The number of methoxy groups -OCH3 is 2. The summed E-state index contributed by atoms with van der Waals surface area (Å²) >= 11 is 1.18. The van der Waals surface area contributed by atoms with E-state index in [1.165, 1.54) is 17.3 Å². The largest absolute Gasteiger partial charge is 0.497 e. The van der Waals surface area contributed by atoms with Gasteiger partial charge in [-0.25, -0.2) is 5.43 Å². The molecule has 1 heterocycles. The lowest BCUT2D eigenvalue weighted by Gasteiger charge is -2.06. The Morgan fingerprint density at radius 2 is 1.94 bits per heavy atom. The molecule has 2 aromatic carbocycles. The summed E-state index contributed by atoms with van der Waals surface area (Å²) in [6.45, 7) is 2.03. The maximum atomic E-state index is 12.0. The molecule has 0 fully saturated rings. The van der Waals surface area contributed by atoms with Crippen molar-refractivity contribution >= 4 is 23.9 Å². The van der Waals surface area contributed by atoms with Gasteiger partial charge in [0.25, 0.3) is 11.1 Å². The van der Waals surface area contributed by atoms with Gasteiger partial charge in [0.2, 0.25) is 5.89 Å². The Hall–Kier alpha value is -3.33. The summed E-state index contributed by atoms with van der Waals surface area (Å²) in [6, 6.07) is 13.5. The average Bonchev–Trinajstić information content (AvgIpc) is 3.26. The van der Waals surface area contributed by atoms with E-state index in [1.54, 1.807) is 20.4 Å². The number of carbonyl (C=O) groups excluding carboxylic acids is 1. The first-order chi connectivity index (χ1) is 15.6. The van der Waals surface area contributed by atoms with Crippen molar-refractivity contribution in [3.63, 3.8) is 0 Å². The highest BCUT2D eigenvalue weighted by atomic mass is 32.2. The lowest BCUT2D eigenvalue weighted by molar-refractivity contribution is -0.118. The van der Waals surface area contributed by atoms with Crippen molar-refractivity contribution in [3.8, 4) is 11.5 Å². The normalized spacial score (nSPS) is 11.0. The van der Waals surface area contributed by atoms with Gasteiger partial charge in [-0.2, -0.15) is 5.10 Å². The van der Waals surface area contributed by atoms with Crippen molar-refractivity contribution in [1.82, 2.24) is 15.6 Å². The molecule has 1 N–H and O–H groups in total. The van der Waals surface area contributed by atoms with Crippen LogP contribution >= 0.6 is 11.8 Å². The quantitative estimate of drug-likeness (QED) is 0.267. The first kappa shape index (κ1) is 23.3. The third-order valence-corrected chi connectivity index (χ3v) is 5.43. The van der Waals surface area contributed by atoms with Crippen LogP contribution in [0, 0.1) is 6.92 Å². The molecule has 8 nitrogen and oxygen atoms in total. The Kier molecular flexibility index (Phi) is 8.68. The molecule has 0 bridgehead atoms. The summed E-state index contributed by atoms with van der Waals surface area (Å²) < 4.78 is 16.0. The van der Waals surface area contributed by atoms with Crippen LogP contribution in [-0.4, -0.2) is 42.3 Å². The molecule has 168 valence electrons. The fourth-order valence-electron chi connectivity index (χ4n) is 2.97. The molecule has 0 unspecified atom stereocenters. The van der Waals surface area contributed by atoms with E-state index < -0.39 is 0 Å². The number of rotatable bonds is 11. The third kappa shape index (κ3) is 7.12. The highest BCUT2D eigenvalue weighted by Crippen LogP contribution is 2.20. The number of amides is 1. The number of carbonyl (C=O) groups is 1. The average molecular weight is 455 g/mol. The van der Waals surface area contributed by atoms with E-state index >= 15 is 0 Å². The number of nitrogens with zero attached hydrogens (tertiary/aromatic N) is 3. The van der Waals surface area contributed by atoms with Crippen molar-refractivity contribution in [2.75, 3.05) is 20.0 Å². The van der Waals surface area contributed by atoms with Gasteiger partial charge in [0.15, 0.2) is 0 Å². The minimum Gasteiger partial charge on any atom is -0.497 e. The Bertz CT molecular complexity index is 1050. The monoisotopic (exact) mass is 454 g/mol. The zero-order chi connectivity index (χ0) is 22.8. The predicted molar refractivity (Wildman–Crippen MR) is 124 cm³/mol. The summed E-state index contributed by atoms with van der Waals surface area (Å²) in [6.07, 6.45) is 4.04. The fraction of sp³-hybridized carbons (Fsp3) is 0.304. The van der Waals surface area contributed by atoms with Gasteiger partial charge in [0.1, 0.15) is 11.5 Å². The number of hydrogen-bond donors (Lipinski definition) is 1. The second kappa shape index (κ2) is 11.9. The maximum Gasteiger partial charge on any atom is 0.277 e. The second-order valence-corrected chi connectivity index (χ2v) is 7.90. The molecule has 9 heteroatoms. The number of aryl methyl sites for hydroxylation is 3. The number of hydrogen-bond acceptors (Lipinski definition) is 8.